The van der Waals surface area contributed by atoms with Gasteiger partial charge in [0.25, 0.3) is 0 Å². The molecule has 0 unspecified atom stereocenters. The van der Waals surface area contributed by atoms with E-state index in [9.17, 15) is 4.39 Å². The minimum Gasteiger partial charge on any atom is -0.369 e. The summed E-state index contributed by atoms with van der Waals surface area (Å²) in [4.78, 5) is 12.8. The Hall–Kier alpha value is -3.73. The molecular formula is C27H27FN4. The molecule has 4 nitrogen and oxygen atoms in total. The molecule has 2 aromatic heterocycles. The molecule has 0 bridgehead atoms. The fraction of sp³-hybridized carbons (Fsp3) is 0.185. The molecule has 0 aliphatic carbocycles. The number of anilines is 1. The first-order chi connectivity index (χ1) is 15.7. The van der Waals surface area contributed by atoms with Crippen LogP contribution in [0, 0.1) is 0 Å². The predicted molar refractivity (Wildman–Crippen MR) is 132 cm³/mol. The summed E-state index contributed by atoms with van der Waals surface area (Å²) < 4.78 is 14.3. The molecule has 0 amide bonds. The number of nitrogens with zero attached hydrogens (tertiary/aromatic N) is 2. The molecular weight excluding hydrogens is 399 g/mol. The fourth-order valence-electron chi connectivity index (χ4n) is 3.70. The molecule has 0 aliphatic heterocycles. The Morgan fingerprint density at radius 1 is 1.06 bits per heavy atom. The van der Waals surface area contributed by atoms with Crippen molar-refractivity contribution in [3.63, 3.8) is 0 Å². The second-order valence-corrected chi connectivity index (χ2v) is 7.53. The minimum absolute atomic E-state index is 0.314. The number of halogens is 1. The van der Waals surface area contributed by atoms with E-state index in [1.54, 1.807) is 6.08 Å². The van der Waals surface area contributed by atoms with Gasteiger partial charge in [0.05, 0.1) is 5.52 Å². The van der Waals surface area contributed by atoms with Crippen molar-refractivity contribution < 1.29 is 4.39 Å². The number of rotatable bonds is 8. The maximum absolute atomic E-state index is 14.3. The SMILES string of the molecule is C\C=C(/C=C(F)\C=C\CC)c1nc(NCCc2c[nH]c3ccccc23)c2ccccc2n1. The smallest absolute Gasteiger partial charge is 0.161 e. The maximum Gasteiger partial charge on any atom is 0.161 e. The lowest BCUT2D eigenvalue weighted by molar-refractivity contribution is 0.667. The van der Waals surface area contributed by atoms with Gasteiger partial charge in [-0.05, 0) is 55.7 Å². The highest BCUT2D eigenvalue weighted by molar-refractivity contribution is 5.91. The molecule has 5 heteroatoms. The lowest BCUT2D eigenvalue weighted by Gasteiger charge is -2.11. The number of benzene rings is 2. The van der Waals surface area contributed by atoms with Crippen molar-refractivity contribution in [2.75, 3.05) is 11.9 Å². The van der Waals surface area contributed by atoms with E-state index in [2.05, 4.69) is 39.7 Å². The number of nitrogens with one attached hydrogen (secondary N) is 2. The third-order valence-electron chi connectivity index (χ3n) is 5.34. The number of aromatic amines is 1. The van der Waals surface area contributed by atoms with Crippen molar-refractivity contribution >= 4 is 33.2 Å². The van der Waals surface area contributed by atoms with Crippen LogP contribution in [-0.4, -0.2) is 21.5 Å². The molecule has 4 rings (SSSR count). The summed E-state index contributed by atoms with van der Waals surface area (Å²) in [6.07, 6.45) is 10.3. The molecule has 2 aromatic carbocycles. The van der Waals surface area contributed by atoms with Crippen LogP contribution in [0.15, 0.2) is 84.9 Å². The zero-order valence-corrected chi connectivity index (χ0v) is 18.4. The first-order valence-electron chi connectivity index (χ1n) is 11.0. The standard InChI is InChI=1S/C27H27FN4/c1-3-5-10-21(28)17-19(4-2)26-31-25-14-9-7-12-23(25)27(32-26)29-16-15-20-18-30-24-13-8-6-11-22(20)24/h4-14,17-18,30H,3,15-16H2,1-2H3,(H,29,31,32)/b10-5+,19-4+,21-17+. The van der Waals surface area contributed by atoms with Gasteiger partial charge in [0, 0.05) is 34.6 Å². The van der Waals surface area contributed by atoms with Gasteiger partial charge < -0.3 is 10.3 Å². The molecule has 0 atom stereocenters. The summed E-state index contributed by atoms with van der Waals surface area (Å²) in [5, 5.41) is 5.66. The number of allylic oxidation sites excluding steroid dienone is 6. The van der Waals surface area contributed by atoms with Crippen LogP contribution in [0.4, 0.5) is 10.2 Å². The largest absolute Gasteiger partial charge is 0.369 e. The second-order valence-electron chi connectivity index (χ2n) is 7.53. The lowest BCUT2D eigenvalue weighted by atomic mass is 10.1. The normalized spacial score (nSPS) is 12.8. The van der Waals surface area contributed by atoms with Crippen LogP contribution in [0.25, 0.3) is 27.4 Å². The summed E-state index contributed by atoms with van der Waals surface area (Å²) in [5.74, 6) is 0.939. The number of hydrogen-bond acceptors (Lipinski definition) is 3. The van der Waals surface area contributed by atoms with Crippen LogP contribution < -0.4 is 5.32 Å². The zero-order valence-electron chi connectivity index (χ0n) is 18.4. The highest BCUT2D eigenvalue weighted by Crippen LogP contribution is 2.25. The number of aromatic nitrogens is 3. The van der Waals surface area contributed by atoms with E-state index in [0.29, 0.717) is 11.4 Å². The van der Waals surface area contributed by atoms with Gasteiger partial charge in [0.15, 0.2) is 5.82 Å². The average Bonchev–Trinajstić information content (AvgIpc) is 3.24. The number of H-pyrrole nitrogens is 1. The van der Waals surface area contributed by atoms with Gasteiger partial charge in [-0.25, -0.2) is 14.4 Å². The van der Waals surface area contributed by atoms with E-state index in [0.717, 1.165) is 41.6 Å². The quantitative estimate of drug-likeness (QED) is 0.299. The molecule has 2 heterocycles. The molecule has 0 fully saturated rings. The second kappa shape index (κ2) is 10.1. The third-order valence-corrected chi connectivity index (χ3v) is 5.34. The van der Waals surface area contributed by atoms with Crippen LogP contribution in [0.1, 0.15) is 31.7 Å². The van der Waals surface area contributed by atoms with Crippen LogP contribution in [-0.2, 0) is 6.42 Å². The maximum atomic E-state index is 14.3. The fourth-order valence-corrected chi connectivity index (χ4v) is 3.70. The molecule has 0 saturated carbocycles. The summed E-state index contributed by atoms with van der Waals surface area (Å²) >= 11 is 0. The van der Waals surface area contributed by atoms with Crippen molar-refractivity contribution in [1.29, 1.82) is 0 Å². The molecule has 0 radical (unpaired) electrons. The van der Waals surface area contributed by atoms with E-state index in [1.165, 1.54) is 23.1 Å². The summed E-state index contributed by atoms with van der Waals surface area (Å²) in [7, 11) is 0. The molecule has 2 N–H and O–H groups in total. The number of para-hydroxylation sites is 2. The monoisotopic (exact) mass is 426 g/mol. The first-order valence-corrected chi connectivity index (χ1v) is 11.0. The number of fused-ring (bicyclic) bond motifs is 2. The minimum atomic E-state index is -0.314. The van der Waals surface area contributed by atoms with Gasteiger partial charge in [0.1, 0.15) is 11.6 Å². The molecule has 4 aromatic rings. The van der Waals surface area contributed by atoms with Gasteiger partial charge in [0.2, 0.25) is 0 Å². The van der Waals surface area contributed by atoms with Crippen LogP contribution in [0.2, 0.25) is 0 Å². The summed E-state index contributed by atoms with van der Waals surface area (Å²) in [6.45, 7) is 4.56. The van der Waals surface area contributed by atoms with Crippen LogP contribution >= 0.6 is 0 Å². The molecule has 0 aliphatic rings. The highest BCUT2D eigenvalue weighted by Gasteiger charge is 2.11. The Labute approximate surface area is 187 Å². The van der Waals surface area contributed by atoms with Gasteiger partial charge in [-0.15, -0.1) is 0 Å². The van der Waals surface area contributed by atoms with E-state index >= 15 is 0 Å². The highest BCUT2D eigenvalue weighted by atomic mass is 19.1. The third kappa shape index (κ3) is 4.78. The van der Waals surface area contributed by atoms with Gasteiger partial charge in [-0.1, -0.05) is 49.4 Å². The predicted octanol–water partition coefficient (Wildman–Crippen LogP) is 6.99. The zero-order chi connectivity index (χ0) is 22.3. The Morgan fingerprint density at radius 3 is 2.66 bits per heavy atom. The van der Waals surface area contributed by atoms with Crippen molar-refractivity contribution in [3.05, 3.63) is 96.2 Å². The van der Waals surface area contributed by atoms with E-state index in [1.807, 2.05) is 50.3 Å². The topological polar surface area (TPSA) is 53.6 Å². The van der Waals surface area contributed by atoms with E-state index in [4.69, 9.17) is 4.98 Å². The Balaban J connectivity index is 1.61. The number of hydrogen-bond donors (Lipinski definition) is 2. The Kier molecular flexibility index (Phi) is 6.75. The lowest BCUT2D eigenvalue weighted by Crippen LogP contribution is -2.08. The first kappa shape index (κ1) is 21.5. The summed E-state index contributed by atoms with van der Waals surface area (Å²) in [5.41, 5.74) is 3.87. The van der Waals surface area contributed by atoms with Crippen molar-refractivity contribution in [2.24, 2.45) is 0 Å². The van der Waals surface area contributed by atoms with Crippen molar-refractivity contribution in [1.82, 2.24) is 15.0 Å². The van der Waals surface area contributed by atoms with Crippen molar-refractivity contribution in [2.45, 2.75) is 26.7 Å². The molecule has 162 valence electrons. The Bertz CT molecular complexity index is 1310. The van der Waals surface area contributed by atoms with E-state index < -0.39 is 0 Å². The van der Waals surface area contributed by atoms with Crippen molar-refractivity contribution in [3.8, 4) is 0 Å². The van der Waals surface area contributed by atoms with Gasteiger partial charge in [-0.3, -0.25) is 0 Å². The molecule has 0 spiro atoms. The Morgan fingerprint density at radius 2 is 1.84 bits per heavy atom. The van der Waals surface area contributed by atoms with Crippen LogP contribution in [0.3, 0.4) is 0 Å². The summed E-state index contributed by atoms with van der Waals surface area (Å²) in [6, 6.07) is 16.2. The van der Waals surface area contributed by atoms with Crippen LogP contribution in [0.5, 0.6) is 0 Å². The molecule has 0 saturated heterocycles. The molecule has 32 heavy (non-hydrogen) atoms. The van der Waals surface area contributed by atoms with Gasteiger partial charge in [-0.2, -0.15) is 0 Å². The average molecular weight is 427 g/mol. The van der Waals surface area contributed by atoms with Gasteiger partial charge >= 0.3 is 0 Å². The van der Waals surface area contributed by atoms with E-state index in [-0.39, 0.29) is 5.83 Å².